The van der Waals surface area contributed by atoms with E-state index in [0.29, 0.717) is 11.3 Å². The third-order valence-corrected chi connectivity index (χ3v) is 4.59. The van der Waals surface area contributed by atoms with Crippen LogP contribution in [0.15, 0.2) is 46.9 Å². The first-order valence-corrected chi connectivity index (χ1v) is 9.02. The van der Waals surface area contributed by atoms with Crippen molar-refractivity contribution < 1.29 is 9.59 Å². The maximum absolute atomic E-state index is 12.7. The third kappa shape index (κ3) is 5.16. The molecule has 0 unspecified atom stereocenters. The molecule has 25 heavy (non-hydrogen) atoms. The van der Waals surface area contributed by atoms with Crippen molar-refractivity contribution in [1.82, 2.24) is 5.32 Å². The molecule has 0 heterocycles. The maximum Gasteiger partial charge on any atom is 0.251 e. The Kier molecular flexibility index (Phi) is 6.37. The topological polar surface area (TPSA) is 58.2 Å². The smallest absolute Gasteiger partial charge is 0.251 e. The number of hydrogen-bond acceptors (Lipinski definition) is 2. The molecular weight excluding hydrogens is 380 g/mol. The Balaban J connectivity index is 2.12. The number of carbonyl (C=O) groups excluding carboxylic acids is 2. The number of aryl methyl sites for hydroxylation is 2. The highest BCUT2D eigenvalue weighted by molar-refractivity contribution is 9.10. The number of anilines is 1. The zero-order valence-corrected chi connectivity index (χ0v) is 16.5. The highest BCUT2D eigenvalue weighted by Gasteiger charge is 2.25. The van der Waals surface area contributed by atoms with Crippen molar-refractivity contribution in [1.29, 1.82) is 0 Å². The Hall–Kier alpha value is -2.14. The van der Waals surface area contributed by atoms with Crippen molar-refractivity contribution in [2.45, 2.75) is 33.7 Å². The van der Waals surface area contributed by atoms with E-state index in [1.165, 1.54) is 0 Å². The summed E-state index contributed by atoms with van der Waals surface area (Å²) in [4.78, 5) is 25.1. The molecule has 2 aromatic rings. The van der Waals surface area contributed by atoms with Crippen LogP contribution in [0, 0.1) is 19.8 Å². The van der Waals surface area contributed by atoms with E-state index in [-0.39, 0.29) is 17.7 Å². The Morgan fingerprint density at radius 3 is 2.12 bits per heavy atom. The van der Waals surface area contributed by atoms with Crippen molar-refractivity contribution in [3.8, 4) is 0 Å². The van der Waals surface area contributed by atoms with Gasteiger partial charge < -0.3 is 10.6 Å². The Labute approximate surface area is 157 Å². The minimum atomic E-state index is -0.623. The van der Waals surface area contributed by atoms with E-state index in [4.69, 9.17) is 0 Å². The molecule has 132 valence electrons. The van der Waals surface area contributed by atoms with E-state index in [2.05, 4.69) is 26.6 Å². The van der Waals surface area contributed by atoms with Crippen molar-refractivity contribution >= 4 is 33.4 Å². The summed E-state index contributed by atoms with van der Waals surface area (Å²) >= 11 is 3.45. The molecule has 0 aliphatic heterocycles. The summed E-state index contributed by atoms with van der Waals surface area (Å²) in [5.74, 6) is -0.532. The minimum absolute atomic E-state index is 0.0429. The molecule has 2 rings (SSSR count). The average molecular weight is 403 g/mol. The van der Waals surface area contributed by atoms with Gasteiger partial charge in [-0.05, 0) is 65.5 Å². The molecule has 0 radical (unpaired) electrons. The Bertz CT molecular complexity index is 770. The zero-order chi connectivity index (χ0) is 18.6. The lowest BCUT2D eigenvalue weighted by Crippen LogP contribution is -2.47. The fraction of sp³-hybridized carbons (Fsp3) is 0.300. The molecule has 5 heteroatoms. The van der Waals surface area contributed by atoms with Crippen LogP contribution in [0.5, 0.6) is 0 Å². The van der Waals surface area contributed by atoms with E-state index < -0.39 is 6.04 Å². The first-order chi connectivity index (χ1) is 11.8. The molecule has 1 atom stereocenters. The second kappa shape index (κ2) is 8.30. The Morgan fingerprint density at radius 2 is 1.56 bits per heavy atom. The predicted octanol–water partition coefficient (Wildman–Crippen LogP) is 4.46. The summed E-state index contributed by atoms with van der Waals surface area (Å²) in [7, 11) is 0. The van der Waals surface area contributed by atoms with Crippen LogP contribution >= 0.6 is 15.9 Å². The SMILES string of the molecule is Cc1ccc(C(=O)N[C@H](C(=O)Nc2ccc(C)cc2Br)C(C)C)cc1. The fourth-order valence-corrected chi connectivity index (χ4v) is 2.99. The van der Waals surface area contributed by atoms with Gasteiger partial charge in [0.15, 0.2) is 0 Å². The third-order valence-electron chi connectivity index (χ3n) is 3.93. The van der Waals surface area contributed by atoms with Crippen LogP contribution in [0.1, 0.15) is 35.3 Å². The number of benzene rings is 2. The van der Waals surface area contributed by atoms with E-state index >= 15 is 0 Å². The van der Waals surface area contributed by atoms with Gasteiger partial charge in [-0.15, -0.1) is 0 Å². The number of nitrogens with one attached hydrogen (secondary N) is 2. The monoisotopic (exact) mass is 402 g/mol. The molecule has 0 aliphatic rings. The van der Waals surface area contributed by atoms with Gasteiger partial charge in [0.05, 0.1) is 5.69 Å². The van der Waals surface area contributed by atoms with Crippen molar-refractivity contribution in [2.75, 3.05) is 5.32 Å². The van der Waals surface area contributed by atoms with Gasteiger partial charge in [-0.2, -0.15) is 0 Å². The second-order valence-electron chi connectivity index (χ2n) is 6.53. The van der Waals surface area contributed by atoms with Crippen LogP contribution in [-0.2, 0) is 4.79 Å². The van der Waals surface area contributed by atoms with Gasteiger partial charge in [0.2, 0.25) is 5.91 Å². The van der Waals surface area contributed by atoms with Crippen LogP contribution in [0.2, 0.25) is 0 Å². The van der Waals surface area contributed by atoms with Gasteiger partial charge >= 0.3 is 0 Å². The average Bonchev–Trinajstić information content (AvgIpc) is 2.55. The summed E-state index contributed by atoms with van der Waals surface area (Å²) in [5.41, 5.74) is 3.41. The summed E-state index contributed by atoms with van der Waals surface area (Å²) < 4.78 is 0.813. The summed E-state index contributed by atoms with van der Waals surface area (Å²) in [6, 6.07) is 12.4. The van der Waals surface area contributed by atoms with Gasteiger partial charge in [0.25, 0.3) is 5.91 Å². The number of rotatable bonds is 5. The summed E-state index contributed by atoms with van der Waals surface area (Å²) in [5, 5.41) is 5.72. The molecule has 0 spiro atoms. The number of hydrogen-bond donors (Lipinski definition) is 2. The summed E-state index contributed by atoms with van der Waals surface area (Å²) in [6.07, 6.45) is 0. The molecule has 2 N–H and O–H groups in total. The van der Waals surface area contributed by atoms with E-state index in [0.717, 1.165) is 15.6 Å². The van der Waals surface area contributed by atoms with Crippen LogP contribution in [0.4, 0.5) is 5.69 Å². The van der Waals surface area contributed by atoms with Crippen molar-refractivity contribution in [3.05, 3.63) is 63.6 Å². The van der Waals surface area contributed by atoms with Crippen molar-refractivity contribution in [3.63, 3.8) is 0 Å². The number of carbonyl (C=O) groups is 2. The van der Waals surface area contributed by atoms with Gasteiger partial charge in [0, 0.05) is 10.0 Å². The molecule has 0 aromatic heterocycles. The minimum Gasteiger partial charge on any atom is -0.340 e. The molecule has 0 bridgehead atoms. The standard InChI is InChI=1S/C20H23BrN2O2/c1-12(2)18(23-19(24)15-8-5-13(3)6-9-15)20(25)22-17-10-7-14(4)11-16(17)21/h5-12,18H,1-4H3,(H,22,25)(H,23,24)/t18-/m0/s1. The van der Waals surface area contributed by atoms with Gasteiger partial charge in [-0.3, -0.25) is 9.59 Å². The van der Waals surface area contributed by atoms with Crippen LogP contribution in [0.25, 0.3) is 0 Å². The van der Waals surface area contributed by atoms with Crippen molar-refractivity contribution in [2.24, 2.45) is 5.92 Å². The largest absolute Gasteiger partial charge is 0.340 e. The van der Waals surface area contributed by atoms with Gasteiger partial charge in [-0.1, -0.05) is 37.6 Å². The molecule has 0 fully saturated rings. The fourth-order valence-electron chi connectivity index (χ4n) is 2.40. The van der Waals surface area contributed by atoms with E-state index in [1.807, 2.05) is 58.0 Å². The molecule has 0 saturated heterocycles. The van der Waals surface area contributed by atoms with Crippen LogP contribution in [-0.4, -0.2) is 17.9 Å². The molecule has 0 saturated carbocycles. The maximum atomic E-state index is 12.7. The normalized spacial score (nSPS) is 11.9. The lowest BCUT2D eigenvalue weighted by molar-refractivity contribution is -0.118. The van der Waals surface area contributed by atoms with Gasteiger partial charge in [0.1, 0.15) is 6.04 Å². The first kappa shape index (κ1) is 19.2. The molecular formula is C20H23BrN2O2. The van der Waals surface area contributed by atoms with Gasteiger partial charge in [-0.25, -0.2) is 0 Å². The number of halogens is 1. The Morgan fingerprint density at radius 1 is 0.960 bits per heavy atom. The zero-order valence-electron chi connectivity index (χ0n) is 14.9. The van der Waals surface area contributed by atoms with E-state index in [9.17, 15) is 9.59 Å². The van der Waals surface area contributed by atoms with Crippen LogP contribution in [0.3, 0.4) is 0 Å². The highest BCUT2D eigenvalue weighted by atomic mass is 79.9. The van der Waals surface area contributed by atoms with Crippen LogP contribution < -0.4 is 10.6 Å². The highest BCUT2D eigenvalue weighted by Crippen LogP contribution is 2.24. The lowest BCUT2D eigenvalue weighted by atomic mass is 10.0. The number of amides is 2. The molecule has 2 amide bonds. The molecule has 0 aliphatic carbocycles. The molecule has 2 aromatic carbocycles. The second-order valence-corrected chi connectivity index (χ2v) is 7.39. The first-order valence-electron chi connectivity index (χ1n) is 8.22. The summed E-state index contributed by atoms with van der Waals surface area (Å²) in [6.45, 7) is 7.76. The lowest BCUT2D eigenvalue weighted by Gasteiger charge is -2.22. The quantitative estimate of drug-likeness (QED) is 0.775. The molecule has 4 nitrogen and oxygen atoms in total. The predicted molar refractivity (Wildman–Crippen MR) is 105 cm³/mol. The van der Waals surface area contributed by atoms with E-state index in [1.54, 1.807) is 12.1 Å².